The smallest absolute Gasteiger partial charge is 0.286 e. The summed E-state index contributed by atoms with van der Waals surface area (Å²) in [5.41, 5.74) is 0.737. The first-order chi connectivity index (χ1) is 6.31. The number of carbonyl (C=O) groups is 1. The van der Waals surface area contributed by atoms with Crippen LogP contribution in [0.1, 0.15) is 10.6 Å². The fraction of sp³-hybridized carbons (Fsp3) is 0.100. The Morgan fingerprint density at radius 2 is 2.07 bits per heavy atom. The zero-order valence-corrected chi connectivity index (χ0v) is 8.43. The maximum atomic E-state index is 11.2. The average Bonchev–Trinajstić information content (AvgIpc) is 2.59. The van der Waals surface area contributed by atoms with Crippen LogP contribution in [-0.4, -0.2) is 13.0 Å². The highest BCUT2D eigenvalue weighted by molar-refractivity contribution is 5.95. The van der Waals surface area contributed by atoms with Gasteiger partial charge < -0.3 is 9.73 Å². The van der Waals surface area contributed by atoms with Gasteiger partial charge in [0.05, 0.1) is 0 Å². The lowest BCUT2D eigenvalue weighted by molar-refractivity contribution is 0.0938. The zero-order chi connectivity index (χ0) is 9.26. The summed E-state index contributed by atoms with van der Waals surface area (Å²) in [6.07, 6.45) is 0. The molecule has 74 valence electrons. The van der Waals surface area contributed by atoms with Crippen LogP contribution in [-0.2, 0) is 0 Å². The minimum absolute atomic E-state index is 0. The molecule has 0 atom stereocenters. The molecule has 1 heterocycles. The Kier molecular flexibility index (Phi) is 3.14. The highest BCUT2D eigenvalue weighted by Gasteiger charge is 2.08. The van der Waals surface area contributed by atoms with E-state index in [1.807, 2.05) is 24.3 Å². The number of rotatable bonds is 1. The topological polar surface area (TPSA) is 42.2 Å². The monoisotopic (exact) mass is 211 g/mol. The van der Waals surface area contributed by atoms with Crippen molar-refractivity contribution in [2.75, 3.05) is 7.05 Å². The van der Waals surface area contributed by atoms with Crippen molar-refractivity contribution >= 4 is 29.3 Å². The third kappa shape index (κ3) is 1.72. The van der Waals surface area contributed by atoms with Crippen LogP contribution in [0, 0.1) is 0 Å². The first-order valence-corrected chi connectivity index (χ1v) is 4.02. The summed E-state index contributed by atoms with van der Waals surface area (Å²) in [7, 11) is 1.58. The Balaban J connectivity index is 0.000000980. The Hall–Kier alpha value is -1.48. The van der Waals surface area contributed by atoms with Crippen molar-refractivity contribution in [2.45, 2.75) is 0 Å². The van der Waals surface area contributed by atoms with Gasteiger partial charge in [-0.25, -0.2) is 0 Å². The quantitative estimate of drug-likeness (QED) is 0.786. The molecule has 3 nitrogen and oxygen atoms in total. The van der Waals surface area contributed by atoms with E-state index in [2.05, 4.69) is 5.32 Å². The predicted molar refractivity (Wildman–Crippen MR) is 56.9 cm³/mol. The van der Waals surface area contributed by atoms with Crippen LogP contribution in [0.5, 0.6) is 0 Å². The average molecular weight is 212 g/mol. The number of fused-ring (bicyclic) bond motifs is 1. The highest BCUT2D eigenvalue weighted by Crippen LogP contribution is 2.18. The Morgan fingerprint density at radius 1 is 1.36 bits per heavy atom. The maximum absolute atomic E-state index is 11.2. The predicted octanol–water partition coefficient (Wildman–Crippen LogP) is 2.21. The summed E-state index contributed by atoms with van der Waals surface area (Å²) in [5.74, 6) is 0.153. The van der Waals surface area contributed by atoms with Crippen LogP contribution in [0.25, 0.3) is 11.0 Å². The van der Waals surface area contributed by atoms with Gasteiger partial charge in [-0.15, -0.1) is 12.4 Å². The molecule has 0 aliphatic heterocycles. The lowest BCUT2D eigenvalue weighted by Crippen LogP contribution is -2.16. The molecule has 0 saturated carbocycles. The van der Waals surface area contributed by atoms with E-state index in [-0.39, 0.29) is 18.3 Å². The molecule has 14 heavy (non-hydrogen) atoms. The molecule has 1 aromatic heterocycles. The molecule has 2 rings (SSSR count). The molecule has 2 aromatic rings. The third-order valence-corrected chi connectivity index (χ3v) is 1.88. The number of hydrogen-bond donors (Lipinski definition) is 1. The molecule has 0 bridgehead atoms. The molecule has 0 spiro atoms. The van der Waals surface area contributed by atoms with Gasteiger partial charge in [0.2, 0.25) is 0 Å². The SMILES string of the molecule is CNC(=O)c1cc2ccccc2o1.Cl. The van der Waals surface area contributed by atoms with Gasteiger partial charge in [-0.2, -0.15) is 0 Å². The molecular formula is C10H10ClNO2. The summed E-state index contributed by atoms with van der Waals surface area (Å²) in [4.78, 5) is 11.2. The number of hydrogen-bond acceptors (Lipinski definition) is 2. The number of carbonyl (C=O) groups excluding carboxylic acids is 1. The van der Waals surface area contributed by atoms with E-state index in [0.29, 0.717) is 5.76 Å². The van der Waals surface area contributed by atoms with Gasteiger partial charge >= 0.3 is 0 Å². The van der Waals surface area contributed by atoms with Crippen LogP contribution in [0.2, 0.25) is 0 Å². The number of para-hydroxylation sites is 1. The summed E-state index contributed by atoms with van der Waals surface area (Å²) >= 11 is 0. The van der Waals surface area contributed by atoms with E-state index in [0.717, 1.165) is 11.0 Å². The summed E-state index contributed by atoms with van der Waals surface area (Å²) in [5, 5.41) is 3.45. The Morgan fingerprint density at radius 3 is 2.71 bits per heavy atom. The summed E-state index contributed by atoms with van der Waals surface area (Å²) in [6, 6.07) is 9.26. The largest absolute Gasteiger partial charge is 0.451 e. The molecular weight excluding hydrogens is 202 g/mol. The van der Waals surface area contributed by atoms with Gasteiger partial charge in [0.1, 0.15) is 5.58 Å². The van der Waals surface area contributed by atoms with Crippen molar-refractivity contribution in [3.8, 4) is 0 Å². The Labute approximate surface area is 87.5 Å². The molecule has 0 unspecified atom stereocenters. The minimum Gasteiger partial charge on any atom is -0.451 e. The van der Waals surface area contributed by atoms with Gasteiger partial charge in [-0.3, -0.25) is 4.79 Å². The van der Waals surface area contributed by atoms with Crippen LogP contribution in [0.3, 0.4) is 0 Å². The number of halogens is 1. The van der Waals surface area contributed by atoms with Crippen LogP contribution in [0.4, 0.5) is 0 Å². The zero-order valence-electron chi connectivity index (χ0n) is 7.61. The van der Waals surface area contributed by atoms with Crippen LogP contribution in [0.15, 0.2) is 34.7 Å². The van der Waals surface area contributed by atoms with Gasteiger partial charge in [-0.05, 0) is 12.1 Å². The minimum atomic E-state index is -0.198. The standard InChI is InChI=1S/C10H9NO2.ClH/c1-11-10(12)9-6-7-4-2-3-5-8(7)13-9;/h2-6H,1H3,(H,11,12);1H. The molecule has 0 radical (unpaired) electrons. The summed E-state index contributed by atoms with van der Waals surface area (Å²) < 4.78 is 5.31. The maximum Gasteiger partial charge on any atom is 0.286 e. The van der Waals surface area contributed by atoms with E-state index in [9.17, 15) is 4.79 Å². The molecule has 1 aromatic carbocycles. The van der Waals surface area contributed by atoms with Crippen molar-refractivity contribution in [2.24, 2.45) is 0 Å². The van der Waals surface area contributed by atoms with Crippen molar-refractivity contribution < 1.29 is 9.21 Å². The fourth-order valence-corrected chi connectivity index (χ4v) is 1.22. The van der Waals surface area contributed by atoms with Crippen LogP contribution < -0.4 is 5.32 Å². The number of furan rings is 1. The second-order valence-electron chi connectivity index (χ2n) is 2.73. The lowest BCUT2D eigenvalue weighted by atomic mass is 10.2. The molecule has 0 aliphatic carbocycles. The molecule has 0 saturated heterocycles. The third-order valence-electron chi connectivity index (χ3n) is 1.88. The van der Waals surface area contributed by atoms with E-state index < -0.39 is 0 Å². The fourth-order valence-electron chi connectivity index (χ4n) is 1.22. The van der Waals surface area contributed by atoms with E-state index in [4.69, 9.17) is 4.42 Å². The summed E-state index contributed by atoms with van der Waals surface area (Å²) in [6.45, 7) is 0. The van der Waals surface area contributed by atoms with E-state index in [1.54, 1.807) is 13.1 Å². The van der Waals surface area contributed by atoms with E-state index >= 15 is 0 Å². The van der Waals surface area contributed by atoms with Gasteiger partial charge in [-0.1, -0.05) is 18.2 Å². The first-order valence-electron chi connectivity index (χ1n) is 4.02. The molecule has 4 heteroatoms. The normalized spacial score (nSPS) is 9.50. The first kappa shape index (κ1) is 10.6. The Bertz CT molecular complexity index is 417. The highest BCUT2D eigenvalue weighted by atomic mass is 35.5. The van der Waals surface area contributed by atoms with E-state index in [1.165, 1.54) is 0 Å². The molecule has 1 N–H and O–H groups in total. The second-order valence-corrected chi connectivity index (χ2v) is 2.73. The second kappa shape index (κ2) is 4.15. The van der Waals surface area contributed by atoms with Crippen molar-refractivity contribution in [3.63, 3.8) is 0 Å². The van der Waals surface area contributed by atoms with Crippen LogP contribution >= 0.6 is 12.4 Å². The van der Waals surface area contributed by atoms with Gasteiger partial charge in [0, 0.05) is 12.4 Å². The molecule has 1 amide bonds. The number of amides is 1. The molecule has 0 fully saturated rings. The lowest BCUT2D eigenvalue weighted by Gasteiger charge is -1.90. The van der Waals surface area contributed by atoms with Gasteiger partial charge in [0.15, 0.2) is 5.76 Å². The molecule has 0 aliphatic rings. The van der Waals surface area contributed by atoms with Gasteiger partial charge in [0.25, 0.3) is 5.91 Å². The number of nitrogens with one attached hydrogen (secondary N) is 1. The van der Waals surface area contributed by atoms with Crippen molar-refractivity contribution in [3.05, 3.63) is 36.1 Å². The van der Waals surface area contributed by atoms with Crippen molar-refractivity contribution in [1.29, 1.82) is 0 Å². The van der Waals surface area contributed by atoms with Crippen molar-refractivity contribution in [1.82, 2.24) is 5.32 Å². The number of benzene rings is 1.